The van der Waals surface area contributed by atoms with Crippen molar-refractivity contribution < 1.29 is 4.39 Å². The Hall–Kier alpha value is -3.23. The summed E-state index contributed by atoms with van der Waals surface area (Å²) in [5, 5.41) is 0. The average Bonchev–Trinajstić information content (AvgIpc) is 3.27. The van der Waals surface area contributed by atoms with Gasteiger partial charge < -0.3 is 20.6 Å². The number of piperidine rings is 1. The molecular formula is C17H17FN8. The van der Waals surface area contributed by atoms with Crippen molar-refractivity contribution in [1.29, 1.82) is 0 Å². The van der Waals surface area contributed by atoms with E-state index in [-0.39, 0.29) is 11.8 Å². The largest absolute Gasteiger partial charge is 0.368 e. The van der Waals surface area contributed by atoms with E-state index in [0.29, 0.717) is 11.6 Å². The number of hydrogen-bond donors (Lipinski definition) is 3. The highest BCUT2D eigenvalue weighted by molar-refractivity contribution is 5.84. The Morgan fingerprint density at radius 1 is 1.15 bits per heavy atom. The molecule has 1 aromatic carbocycles. The van der Waals surface area contributed by atoms with Crippen LogP contribution in [-0.4, -0.2) is 43.0 Å². The minimum atomic E-state index is -0.257. The van der Waals surface area contributed by atoms with Crippen molar-refractivity contribution in [1.82, 2.24) is 29.9 Å². The highest BCUT2D eigenvalue weighted by Gasteiger charge is 2.25. The first kappa shape index (κ1) is 15.1. The number of aromatic nitrogens is 6. The van der Waals surface area contributed by atoms with Crippen LogP contribution in [0.3, 0.4) is 0 Å². The number of H-pyrrole nitrogens is 2. The highest BCUT2D eigenvalue weighted by Crippen LogP contribution is 2.31. The average molecular weight is 352 g/mol. The maximum Gasteiger partial charge on any atom is 0.224 e. The Kier molecular flexibility index (Phi) is 3.27. The van der Waals surface area contributed by atoms with Gasteiger partial charge in [0.15, 0.2) is 11.5 Å². The monoisotopic (exact) mass is 352 g/mol. The molecule has 4 heterocycles. The highest BCUT2D eigenvalue weighted by atomic mass is 19.1. The second-order valence-corrected chi connectivity index (χ2v) is 6.55. The number of hydrogen-bond acceptors (Lipinski definition) is 6. The van der Waals surface area contributed by atoms with Crippen LogP contribution in [0, 0.1) is 5.82 Å². The van der Waals surface area contributed by atoms with E-state index >= 15 is 0 Å². The van der Waals surface area contributed by atoms with Crippen LogP contribution in [0.5, 0.6) is 0 Å². The van der Waals surface area contributed by atoms with E-state index < -0.39 is 0 Å². The molecule has 9 heteroatoms. The van der Waals surface area contributed by atoms with Crippen LogP contribution < -0.4 is 10.6 Å². The molecule has 1 saturated heterocycles. The summed E-state index contributed by atoms with van der Waals surface area (Å²) in [6.07, 6.45) is 3.44. The number of benzene rings is 1. The summed E-state index contributed by atoms with van der Waals surface area (Å²) >= 11 is 0. The van der Waals surface area contributed by atoms with Crippen molar-refractivity contribution in [3.63, 3.8) is 0 Å². The van der Waals surface area contributed by atoms with Gasteiger partial charge in [-0.2, -0.15) is 9.97 Å². The third-order valence-corrected chi connectivity index (χ3v) is 4.93. The van der Waals surface area contributed by atoms with Crippen molar-refractivity contribution in [3.8, 4) is 0 Å². The van der Waals surface area contributed by atoms with Gasteiger partial charge in [-0.25, -0.2) is 14.4 Å². The summed E-state index contributed by atoms with van der Waals surface area (Å²) < 4.78 is 13.4. The van der Waals surface area contributed by atoms with Crippen molar-refractivity contribution in [2.45, 2.75) is 18.8 Å². The molecule has 0 aliphatic carbocycles. The molecule has 1 aliphatic rings. The van der Waals surface area contributed by atoms with Crippen molar-refractivity contribution in [2.24, 2.45) is 0 Å². The summed E-state index contributed by atoms with van der Waals surface area (Å²) in [5.74, 6) is 1.97. The molecule has 0 radical (unpaired) electrons. The lowest BCUT2D eigenvalue weighted by atomic mass is 9.96. The van der Waals surface area contributed by atoms with Gasteiger partial charge in [-0.05, 0) is 31.0 Å². The zero-order valence-corrected chi connectivity index (χ0v) is 13.9. The quantitative estimate of drug-likeness (QED) is 0.510. The number of nitrogens with zero attached hydrogens (tertiary/aromatic N) is 5. The molecule has 0 saturated carbocycles. The fourth-order valence-corrected chi connectivity index (χ4v) is 3.62. The molecule has 0 atom stereocenters. The third kappa shape index (κ3) is 2.43. The van der Waals surface area contributed by atoms with Gasteiger partial charge in [-0.3, -0.25) is 0 Å². The van der Waals surface area contributed by atoms with E-state index in [4.69, 9.17) is 5.73 Å². The van der Waals surface area contributed by atoms with Gasteiger partial charge in [0.25, 0.3) is 0 Å². The van der Waals surface area contributed by atoms with E-state index in [2.05, 4.69) is 34.8 Å². The van der Waals surface area contributed by atoms with Crippen LogP contribution >= 0.6 is 0 Å². The third-order valence-electron chi connectivity index (χ3n) is 4.93. The lowest BCUT2D eigenvalue weighted by molar-refractivity contribution is 0.488. The van der Waals surface area contributed by atoms with Gasteiger partial charge in [0.2, 0.25) is 5.95 Å². The SMILES string of the molecule is Nc1nc(N2CCC(c3nc4ccc(F)cc4[nH]3)CC2)c2[nH]cnc2n1. The second-order valence-electron chi connectivity index (χ2n) is 6.55. The van der Waals surface area contributed by atoms with Crippen molar-refractivity contribution >= 4 is 34.0 Å². The fraction of sp³-hybridized carbons (Fsp3) is 0.294. The molecule has 0 bridgehead atoms. The first-order valence-electron chi connectivity index (χ1n) is 8.54. The molecule has 0 spiro atoms. The molecule has 0 unspecified atom stereocenters. The molecule has 132 valence electrons. The van der Waals surface area contributed by atoms with Crippen molar-refractivity contribution in [3.05, 3.63) is 36.2 Å². The molecule has 0 amide bonds. The number of imidazole rings is 2. The van der Waals surface area contributed by atoms with E-state index in [9.17, 15) is 4.39 Å². The molecule has 8 nitrogen and oxygen atoms in total. The molecule has 1 fully saturated rings. The normalized spacial score (nSPS) is 16.0. The molecule has 4 N–H and O–H groups in total. The molecule has 26 heavy (non-hydrogen) atoms. The Morgan fingerprint density at radius 3 is 2.85 bits per heavy atom. The number of nitrogens with two attached hydrogens (primary N) is 1. The standard InChI is InChI=1S/C17H17FN8/c18-10-1-2-11-12(7-10)23-14(22-11)9-3-5-26(6-4-9)16-13-15(21-8-20-13)24-17(19)25-16/h1-2,7-9H,3-6H2,(H,22,23)(H3,19,20,21,24,25). The number of halogens is 1. The number of fused-ring (bicyclic) bond motifs is 2. The summed E-state index contributed by atoms with van der Waals surface area (Å²) in [7, 11) is 0. The molecular weight excluding hydrogens is 335 g/mol. The summed E-state index contributed by atoms with van der Waals surface area (Å²) in [6, 6.07) is 4.63. The Morgan fingerprint density at radius 2 is 2.00 bits per heavy atom. The molecule has 1 aliphatic heterocycles. The summed E-state index contributed by atoms with van der Waals surface area (Å²) in [4.78, 5) is 25.9. The van der Waals surface area contributed by atoms with Gasteiger partial charge in [0, 0.05) is 19.0 Å². The predicted molar refractivity (Wildman–Crippen MR) is 96.3 cm³/mol. The zero-order chi connectivity index (χ0) is 17.7. The van der Waals surface area contributed by atoms with E-state index in [1.165, 1.54) is 12.1 Å². The molecule has 4 aromatic rings. The molecule has 5 rings (SSSR count). The number of nitrogen functional groups attached to an aromatic ring is 1. The van der Waals surface area contributed by atoms with Crippen LogP contribution in [0.25, 0.3) is 22.2 Å². The second kappa shape index (κ2) is 5.65. The first-order chi connectivity index (χ1) is 12.7. The first-order valence-corrected chi connectivity index (χ1v) is 8.54. The van der Waals surface area contributed by atoms with Gasteiger partial charge in [0.1, 0.15) is 17.2 Å². The minimum Gasteiger partial charge on any atom is -0.368 e. The molecule has 3 aromatic heterocycles. The van der Waals surface area contributed by atoms with Gasteiger partial charge in [-0.15, -0.1) is 0 Å². The lowest BCUT2D eigenvalue weighted by Gasteiger charge is -2.32. The summed E-state index contributed by atoms with van der Waals surface area (Å²) in [5.41, 5.74) is 8.73. The number of anilines is 2. The van der Waals surface area contributed by atoms with Crippen LogP contribution in [0.4, 0.5) is 16.2 Å². The van der Waals surface area contributed by atoms with Gasteiger partial charge >= 0.3 is 0 Å². The number of aromatic amines is 2. The van der Waals surface area contributed by atoms with Crippen LogP contribution in [0.1, 0.15) is 24.6 Å². The fourth-order valence-electron chi connectivity index (χ4n) is 3.62. The maximum atomic E-state index is 13.4. The van der Waals surface area contributed by atoms with Crippen molar-refractivity contribution in [2.75, 3.05) is 23.7 Å². The number of nitrogens with one attached hydrogen (secondary N) is 2. The topological polar surface area (TPSA) is 112 Å². The van der Waals surface area contributed by atoms with Crippen LogP contribution in [-0.2, 0) is 0 Å². The van der Waals surface area contributed by atoms with Gasteiger partial charge in [0.05, 0.1) is 17.4 Å². The smallest absolute Gasteiger partial charge is 0.224 e. The van der Waals surface area contributed by atoms with E-state index in [1.807, 2.05) is 0 Å². The number of rotatable bonds is 2. The van der Waals surface area contributed by atoms with E-state index in [1.54, 1.807) is 12.4 Å². The van der Waals surface area contributed by atoms with Crippen LogP contribution in [0.15, 0.2) is 24.5 Å². The Bertz CT molecular complexity index is 1090. The van der Waals surface area contributed by atoms with Crippen LogP contribution in [0.2, 0.25) is 0 Å². The summed E-state index contributed by atoms with van der Waals surface area (Å²) in [6.45, 7) is 1.64. The zero-order valence-electron chi connectivity index (χ0n) is 13.9. The Balaban J connectivity index is 1.39. The minimum absolute atomic E-state index is 0.223. The Labute approximate surface area is 147 Å². The lowest BCUT2D eigenvalue weighted by Crippen LogP contribution is -2.34. The maximum absolute atomic E-state index is 13.4. The predicted octanol–water partition coefficient (Wildman–Crippen LogP) is 2.33. The van der Waals surface area contributed by atoms with E-state index in [0.717, 1.165) is 54.1 Å². The van der Waals surface area contributed by atoms with Gasteiger partial charge in [-0.1, -0.05) is 0 Å².